The summed E-state index contributed by atoms with van der Waals surface area (Å²) in [5.41, 5.74) is 2.04. The van der Waals surface area contributed by atoms with Gasteiger partial charge in [0.25, 0.3) is 0 Å². The highest BCUT2D eigenvalue weighted by molar-refractivity contribution is 5.92. The molecule has 0 saturated heterocycles. The SMILES string of the molecule is CCCC1=C(C(=O)OCC)C(c2cccc(OC)c2OC)n2ncnc2N1. The summed E-state index contributed by atoms with van der Waals surface area (Å²) in [5, 5.41) is 7.57. The van der Waals surface area contributed by atoms with E-state index >= 15 is 0 Å². The number of rotatable bonds is 7. The number of carbonyl (C=O) groups excluding carboxylic acids is 1. The van der Waals surface area contributed by atoms with E-state index in [0.29, 0.717) is 29.4 Å². The van der Waals surface area contributed by atoms with Crippen molar-refractivity contribution in [3.05, 3.63) is 41.4 Å². The van der Waals surface area contributed by atoms with Gasteiger partial charge < -0.3 is 19.5 Å². The average molecular weight is 372 g/mol. The van der Waals surface area contributed by atoms with Gasteiger partial charge in [0, 0.05) is 11.3 Å². The van der Waals surface area contributed by atoms with E-state index in [9.17, 15) is 4.79 Å². The second-order valence-electron chi connectivity index (χ2n) is 6.00. The molecule has 8 nitrogen and oxygen atoms in total. The van der Waals surface area contributed by atoms with E-state index in [2.05, 4.69) is 22.3 Å². The van der Waals surface area contributed by atoms with Crippen molar-refractivity contribution in [3.8, 4) is 11.5 Å². The molecule has 1 aliphatic heterocycles. The normalized spacial score (nSPS) is 15.8. The van der Waals surface area contributed by atoms with Gasteiger partial charge in [-0.15, -0.1) is 0 Å². The molecule has 0 bridgehead atoms. The highest BCUT2D eigenvalue weighted by Crippen LogP contribution is 2.43. The lowest BCUT2D eigenvalue weighted by atomic mass is 9.93. The van der Waals surface area contributed by atoms with Crippen LogP contribution in [-0.4, -0.2) is 41.6 Å². The molecule has 1 atom stereocenters. The van der Waals surface area contributed by atoms with Gasteiger partial charge in [-0.05, 0) is 19.4 Å². The molecule has 144 valence electrons. The number of nitrogens with one attached hydrogen (secondary N) is 1. The van der Waals surface area contributed by atoms with E-state index < -0.39 is 6.04 Å². The Morgan fingerprint density at radius 2 is 2.07 bits per heavy atom. The molecule has 1 unspecified atom stereocenters. The number of fused-ring (bicyclic) bond motifs is 1. The molecule has 1 N–H and O–H groups in total. The van der Waals surface area contributed by atoms with E-state index in [0.717, 1.165) is 17.7 Å². The number of methoxy groups -OCH3 is 2. The number of esters is 1. The maximum absolute atomic E-state index is 12.9. The van der Waals surface area contributed by atoms with Gasteiger partial charge in [0.05, 0.1) is 26.4 Å². The van der Waals surface area contributed by atoms with Crippen molar-refractivity contribution >= 4 is 11.9 Å². The molecular formula is C19H24N4O4. The number of carbonyl (C=O) groups is 1. The van der Waals surface area contributed by atoms with Gasteiger partial charge in [0.1, 0.15) is 12.4 Å². The van der Waals surface area contributed by atoms with Gasteiger partial charge >= 0.3 is 5.97 Å². The van der Waals surface area contributed by atoms with Crippen molar-refractivity contribution in [3.63, 3.8) is 0 Å². The summed E-state index contributed by atoms with van der Waals surface area (Å²) in [6, 6.07) is 5.03. The third-order valence-electron chi connectivity index (χ3n) is 4.40. The molecule has 27 heavy (non-hydrogen) atoms. The molecule has 0 radical (unpaired) electrons. The van der Waals surface area contributed by atoms with Crippen LogP contribution in [0.15, 0.2) is 35.8 Å². The van der Waals surface area contributed by atoms with E-state index in [4.69, 9.17) is 14.2 Å². The van der Waals surface area contributed by atoms with Crippen molar-refractivity contribution in [1.29, 1.82) is 0 Å². The maximum atomic E-state index is 12.9. The predicted octanol–water partition coefficient (Wildman–Crippen LogP) is 2.93. The third kappa shape index (κ3) is 3.34. The van der Waals surface area contributed by atoms with Gasteiger partial charge in [-0.2, -0.15) is 10.1 Å². The van der Waals surface area contributed by atoms with Crippen LogP contribution in [0.2, 0.25) is 0 Å². The van der Waals surface area contributed by atoms with E-state index in [1.807, 2.05) is 18.2 Å². The third-order valence-corrected chi connectivity index (χ3v) is 4.40. The van der Waals surface area contributed by atoms with Crippen LogP contribution in [0, 0.1) is 0 Å². The Morgan fingerprint density at radius 1 is 1.26 bits per heavy atom. The fraction of sp³-hybridized carbons (Fsp3) is 0.421. The lowest BCUT2D eigenvalue weighted by Gasteiger charge is -2.30. The van der Waals surface area contributed by atoms with Crippen LogP contribution in [0.5, 0.6) is 11.5 Å². The molecule has 2 heterocycles. The fourth-order valence-corrected chi connectivity index (χ4v) is 3.32. The molecule has 3 rings (SSSR count). The number of allylic oxidation sites excluding steroid dienone is 1. The summed E-state index contributed by atoms with van der Waals surface area (Å²) < 4.78 is 18.1. The topological polar surface area (TPSA) is 87.5 Å². The number of benzene rings is 1. The molecule has 1 aromatic carbocycles. The number of para-hydroxylation sites is 1. The van der Waals surface area contributed by atoms with Crippen LogP contribution in [0.1, 0.15) is 38.3 Å². The highest BCUT2D eigenvalue weighted by Gasteiger charge is 2.37. The summed E-state index contributed by atoms with van der Waals surface area (Å²) in [5.74, 6) is 1.31. The smallest absolute Gasteiger partial charge is 0.338 e. The highest BCUT2D eigenvalue weighted by atomic mass is 16.5. The molecule has 1 aliphatic rings. The number of ether oxygens (including phenoxy) is 3. The average Bonchev–Trinajstić information content (AvgIpc) is 3.14. The Morgan fingerprint density at radius 3 is 2.74 bits per heavy atom. The lowest BCUT2D eigenvalue weighted by molar-refractivity contribution is -0.139. The zero-order valence-electron chi connectivity index (χ0n) is 16.0. The second kappa shape index (κ2) is 8.11. The monoisotopic (exact) mass is 372 g/mol. The van der Waals surface area contributed by atoms with Gasteiger partial charge in [-0.25, -0.2) is 9.48 Å². The number of aromatic nitrogens is 3. The van der Waals surface area contributed by atoms with E-state index in [-0.39, 0.29) is 12.6 Å². The molecular weight excluding hydrogens is 348 g/mol. The van der Waals surface area contributed by atoms with Gasteiger partial charge in [-0.3, -0.25) is 0 Å². The van der Waals surface area contributed by atoms with Crippen LogP contribution < -0.4 is 14.8 Å². The fourth-order valence-electron chi connectivity index (χ4n) is 3.32. The zero-order valence-corrected chi connectivity index (χ0v) is 16.0. The summed E-state index contributed by atoms with van der Waals surface area (Å²) in [7, 11) is 3.15. The molecule has 0 fully saturated rings. The van der Waals surface area contributed by atoms with Crippen LogP contribution in [0.25, 0.3) is 0 Å². The van der Waals surface area contributed by atoms with Gasteiger partial charge in [-0.1, -0.05) is 25.5 Å². The molecule has 0 aliphatic carbocycles. The standard InChI is InChI=1S/C19H24N4O4/c1-5-8-13-15(18(24)27-6-2)16(23-19(22-13)20-11-21-23)12-9-7-10-14(25-3)17(12)26-4/h7,9-11,16H,5-6,8H2,1-4H3,(H,20,21,22). The van der Waals surface area contributed by atoms with Crippen molar-refractivity contribution in [2.24, 2.45) is 0 Å². The summed E-state index contributed by atoms with van der Waals surface area (Å²) in [4.78, 5) is 17.2. The van der Waals surface area contributed by atoms with Gasteiger partial charge in [0.15, 0.2) is 11.5 Å². The molecule has 2 aromatic rings. The van der Waals surface area contributed by atoms with Crippen molar-refractivity contribution in [1.82, 2.24) is 14.8 Å². The summed E-state index contributed by atoms with van der Waals surface area (Å²) >= 11 is 0. The summed E-state index contributed by atoms with van der Waals surface area (Å²) in [6.07, 6.45) is 3.00. The minimum atomic E-state index is -0.533. The number of anilines is 1. The summed E-state index contributed by atoms with van der Waals surface area (Å²) in [6.45, 7) is 4.13. The first-order valence-corrected chi connectivity index (χ1v) is 8.93. The molecule has 0 amide bonds. The zero-order chi connectivity index (χ0) is 19.4. The first-order valence-electron chi connectivity index (χ1n) is 8.93. The molecule has 1 aromatic heterocycles. The first-order chi connectivity index (χ1) is 13.2. The molecule has 8 heteroatoms. The Labute approximate surface area is 158 Å². The quantitative estimate of drug-likeness (QED) is 0.748. The van der Waals surface area contributed by atoms with Crippen LogP contribution in [0.4, 0.5) is 5.95 Å². The Hall–Kier alpha value is -3.03. The van der Waals surface area contributed by atoms with Crippen LogP contribution in [0.3, 0.4) is 0 Å². The van der Waals surface area contributed by atoms with Crippen molar-refractivity contribution in [2.75, 3.05) is 26.1 Å². The Kier molecular flexibility index (Phi) is 5.63. The number of hydrogen-bond acceptors (Lipinski definition) is 7. The minimum Gasteiger partial charge on any atom is -0.493 e. The maximum Gasteiger partial charge on any atom is 0.338 e. The minimum absolute atomic E-state index is 0.286. The van der Waals surface area contributed by atoms with Crippen LogP contribution >= 0.6 is 0 Å². The molecule has 0 saturated carbocycles. The van der Waals surface area contributed by atoms with Gasteiger partial charge in [0.2, 0.25) is 5.95 Å². The van der Waals surface area contributed by atoms with Crippen molar-refractivity contribution < 1.29 is 19.0 Å². The first kappa shape index (κ1) is 18.8. The largest absolute Gasteiger partial charge is 0.493 e. The predicted molar refractivity (Wildman–Crippen MR) is 99.9 cm³/mol. The Bertz CT molecular complexity index is 859. The number of nitrogens with zero attached hydrogens (tertiary/aromatic N) is 3. The van der Waals surface area contributed by atoms with E-state index in [1.54, 1.807) is 25.8 Å². The number of hydrogen-bond donors (Lipinski definition) is 1. The lowest BCUT2D eigenvalue weighted by Crippen LogP contribution is -2.30. The Balaban J connectivity index is 2.25. The second-order valence-corrected chi connectivity index (χ2v) is 6.00. The molecule has 0 spiro atoms. The van der Waals surface area contributed by atoms with Crippen LogP contribution in [-0.2, 0) is 9.53 Å². The van der Waals surface area contributed by atoms with E-state index in [1.165, 1.54) is 6.33 Å². The van der Waals surface area contributed by atoms with Crippen molar-refractivity contribution in [2.45, 2.75) is 32.7 Å².